The highest BCUT2D eigenvalue weighted by Crippen LogP contribution is 2.41. The third-order valence-corrected chi connectivity index (χ3v) is 3.86. The normalized spacial score (nSPS) is 20.3. The number of halogens is 1. The summed E-state index contributed by atoms with van der Waals surface area (Å²) in [6.07, 6.45) is 2.47. The van der Waals surface area contributed by atoms with Gasteiger partial charge in [-0.25, -0.2) is 4.98 Å². The fourth-order valence-electron chi connectivity index (χ4n) is 1.57. The molecule has 1 heterocycles. The number of aromatic nitrogens is 1. The van der Waals surface area contributed by atoms with Gasteiger partial charge < -0.3 is 0 Å². The molecule has 1 nitrogen and oxygen atoms in total. The van der Waals surface area contributed by atoms with Crippen molar-refractivity contribution in [1.82, 2.24) is 4.98 Å². The van der Waals surface area contributed by atoms with Gasteiger partial charge in [-0.2, -0.15) is 0 Å². The Morgan fingerprint density at radius 2 is 2.27 bits per heavy atom. The first-order valence-electron chi connectivity index (χ1n) is 3.75. The second-order valence-corrected chi connectivity index (χ2v) is 5.98. The van der Waals surface area contributed by atoms with E-state index in [2.05, 4.69) is 34.8 Å². The average Bonchev–Trinajstić information content (AvgIpc) is 2.35. The molecule has 0 bridgehead atoms. The van der Waals surface area contributed by atoms with Gasteiger partial charge in [-0.1, -0.05) is 13.8 Å². The van der Waals surface area contributed by atoms with Crippen LogP contribution >= 0.6 is 27.3 Å². The fraction of sp³-hybridized carbons (Fsp3) is 0.625. The van der Waals surface area contributed by atoms with Crippen LogP contribution in [-0.4, -0.2) is 4.98 Å². The van der Waals surface area contributed by atoms with Crippen LogP contribution in [0.1, 0.15) is 30.8 Å². The van der Waals surface area contributed by atoms with Crippen molar-refractivity contribution in [2.75, 3.05) is 0 Å². The van der Waals surface area contributed by atoms with Crippen LogP contribution < -0.4 is 0 Å². The highest BCUT2D eigenvalue weighted by Gasteiger charge is 2.33. The van der Waals surface area contributed by atoms with Crippen LogP contribution in [-0.2, 0) is 11.8 Å². The molecule has 0 N–H and O–H groups in total. The second-order valence-electron chi connectivity index (χ2n) is 3.62. The molecule has 1 aliphatic rings. The van der Waals surface area contributed by atoms with Gasteiger partial charge in [-0.15, -0.1) is 11.3 Å². The maximum absolute atomic E-state index is 4.48. The molecule has 1 aliphatic carbocycles. The minimum atomic E-state index is 0.317. The van der Waals surface area contributed by atoms with Crippen molar-refractivity contribution in [3.8, 4) is 0 Å². The number of fused-ring (bicyclic) bond motifs is 1. The van der Waals surface area contributed by atoms with E-state index in [-0.39, 0.29) is 0 Å². The predicted octanol–water partition coefficient (Wildman–Crippen LogP) is 3.13. The van der Waals surface area contributed by atoms with Gasteiger partial charge in [0.25, 0.3) is 0 Å². The Hall–Kier alpha value is 0.110. The molecule has 0 amide bonds. The fourth-order valence-corrected chi connectivity index (χ4v) is 3.29. The van der Waals surface area contributed by atoms with Gasteiger partial charge in [0.15, 0.2) is 3.92 Å². The van der Waals surface area contributed by atoms with Crippen molar-refractivity contribution in [2.45, 2.75) is 32.1 Å². The zero-order chi connectivity index (χ0) is 8.06. The van der Waals surface area contributed by atoms with Gasteiger partial charge >= 0.3 is 0 Å². The molecule has 0 spiro atoms. The summed E-state index contributed by atoms with van der Waals surface area (Å²) in [6.45, 7) is 4.54. The van der Waals surface area contributed by atoms with Crippen molar-refractivity contribution < 1.29 is 0 Å². The minimum absolute atomic E-state index is 0.317. The topological polar surface area (TPSA) is 12.9 Å². The Morgan fingerprint density at radius 1 is 1.55 bits per heavy atom. The van der Waals surface area contributed by atoms with Crippen molar-refractivity contribution >= 4 is 27.3 Å². The van der Waals surface area contributed by atoms with Gasteiger partial charge in [0.05, 0.1) is 5.69 Å². The number of aryl methyl sites for hydroxylation is 1. The first kappa shape index (κ1) is 7.74. The molecule has 0 fully saturated rings. The second kappa shape index (κ2) is 2.30. The van der Waals surface area contributed by atoms with Gasteiger partial charge in [0, 0.05) is 10.3 Å². The maximum atomic E-state index is 4.48. The summed E-state index contributed by atoms with van der Waals surface area (Å²) in [5.74, 6) is 0. The van der Waals surface area contributed by atoms with Crippen LogP contribution in [0.25, 0.3) is 0 Å². The summed E-state index contributed by atoms with van der Waals surface area (Å²) in [7, 11) is 0. The van der Waals surface area contributed by atoms with Crippen LogP contribution in [0.3, 0.4) is 0 Å². The Labute approximate surface area is 79.0 Å². The van der Waals surface area contributed by atoms with Gasteiger partial charge in [0.1, 0.15) is 0 Å². The lowest BCUT2D eigenvalue weighted by atomic mass is 9.91. The molecule has 2 rings (SSSR count). The SMILES string of the molecule is CC1(C)CCc2sc(Br)nc21. The van der Waals surface area contributed by atoms with E-state index in [1.807, 2.05) is 0 Å². The molecule has 0 aliphatic heterocycles. The highest BCUT2D eigenvalue weighted by molar-refractivity contribution is 9.11. The maximum Gasteiger partial charge on any atom is 0.159 e. The molecule has 1 aromatic rings. The Kier molecular flexibility index (Phi) is 1.62. The largest absolute Gasteiger partial charge is 0.233 e. The summed E-state index contributed by atoms with van der Waals surface area (Å²) in [6, 6.07) is 0. The Morgan fingerprint density at radius 3 is 2.91 bits per heavy atom. The van der Waals surface area contributed by atoms with E-state index >= 15 is 0 Å². The predicted molar refractivity (Wildman–Crippen MR) is 51.2 cm³/mol. The van der Waals surface area contributed by atoms with E-state index in [9.17, 15) is 0 Å². The van der Waals surface area contributed by atoms with Gasteiger partial charge in [-0.05, 0) is 28.8 Å². The molecule has 1 aromatic heterocycles. The highest BCUT2D eigenvalue weighted by atomic mass is 79.9. The molecule has 0 unspecified atom stereocenters. The van der Waals surface area contributed by atoms with E-state index in [4.69, 9.17) is 0 Å². The number of hydrogen-bond acceptors (Lipinski definition) is 2. The van der Waals surface area contributed by atoms with Gasteiger partial charge in [0.2, 0.25) is 0 Å². The first-order valence-corrected chi connectivity index (χ1v) is 5.36. The quantitative estimate of drug-likeness (QED) is 0.669. The van der Waals surface area contributed by atoms with Crippen molar-refractivity contribution in [1.29, 1.82) is 0 Å². The van der Waals surface area contributed by atoms with E-state index in [1.54, 1.807) is 11.3 Å². The summed E-state index contributed by atoms with van der Waals surface area (Å²) < 4.78 is 1.04. The smallest absolute Gasteiger partial charge is 0.159 e. The molecule has 0 saturated carbocycles. The molecule has 0 atom stereocenters. The number of nitrogens with zero attached hydrogens (tertiary/aromatic N) is 1. The van der Waals surface area contributed by atoms with Crippen LogP contribution in [0.5, 0.6) is 0 Å². The molecule has 60 valence electrons. The van der Waals surface area contributed by atoms with E-state index < -0.39 is 0 Å². The van der Waals surface area contributed by atoms with Crippen molar-refractivity contribution in [3.63, 3.8) is 0 Å². The van der Waals surface area contributed by atoms with E-state index in [0.717, 1.165) is 3.92 Å². The van der Waals surface area contributed by atoms with Crippen LogP contribution in [0, 0.1) is 0 Å². The Bertz CT molecular complexity index is 290. The zero-order valence-corrected chi connectivity index (χ0v) is 9.05. The summed E-state index contributed by atoms with van der Waals surface area (Å²) in [5.41, 5.74) is 1.63. The lowest BCUT2D eigenvalue weighted by molar-refractivity contribution is 0.509. The number of hydrogen-bond donors (Lipinski definition) is 0. The summed E-state index contributed by atoms with van der Waals surface area (Å²) in [5, 5.41) is 0. The third-order valence-electron chi connectivity index (χ3n) is 2.29. The molecule has 0 radical (unpaired) electrons. The third kappa shape index (κ3) is 1.14. The molecule has 0 saturated heterocycles. The van der Waals surface area contributed by atoms with Crippen LogP contribution in [0.2, 0.25) is 0 Å². The van der Waals surface area contributed by atoms with Crippen LogP contribution in [0.4, 0.5) is 0 Å². The zero-order valence-electron chi connectivity index (χ0n) is 6.65. The summed E-state index contributed by atoms with van der Waals surface area (Å²) in [4.78, 5) is 5.95. The standard InChI is InChI=1S/C8H10BrNS/c1-8(2)4-3-5-6(8)10-7(9)11-5/h3-4H2,1-2H3. The monoisotopic (exact) mass is 231 g/mol. The van der Waals surface area contributed by atoms with Gasteiger partial charge in [-0.3, -0.25) is 0 Å². The summed E-state index contributed by atoms with van der Waals surface area (Å²) >= 11 is 5.20. The number of rotatable bonds is 0. The lowest BCUT2D eigenvalue weighted by Crippen LogP contribution is -2.12. The first-order chi connectivity index (χ1) is 5.09. The minimum Gasteiger partial charge on any atom is -0.233 e. The van der Waals surface area contributed by atoms with Crippen LogP contribution in [0.15, 0.2) is 3.92 Å². The molecule has 11 heavy (non-hydrogen) atoms. The molecular formula is C8H10BrNS. The molecular weight excluding hydrogens is 222 g/mol. The molecule has 0 aromatic carbocycles. The van der Waals surface area contributed by atoms with E-state index in [0.29, 0.717) is 5.41 Å². The Balaban J connectivity index is 2.54. The number of thiazole rings is 1. The van der Waals surface area contributed by atoms with Crippen molar-refractivity contribution in [2.24, 2.45) is 0 Å². The molecule has 3 heteroatoms. The van der Waals surface area contributed by atoms with Crippen molar-refractivity contribution in [3.05, 3.63) is 14.5 Å². The lowest BCUT2D eigenvalue weighted by Gasteiger charge is -2.14. The van der Waals surface area contributed by atoms with E-state index in [1.165, 1.54) is 23.4 Å². The average molecular weight is 232 g/mol.